The number of carbonyl (C=O) groups is 1. The van der Waals surface area contributed by atoms with Crippen LogP contribution in [0.15, 0.2) is 30.5 Å². The zero-order valence-corrected chi connectivity index (χ0v) is 17.9. The lowest BCUT2D eigenvalue weighted by molar-refractivity contribution is -0.144. The predicted molar refractivity (Wildman–Crippen MR) is 114 cm³/mol. The summed E-state index contributed by atoms with van der Waals surface area (Å²) in [6, 6.07) is 7.26. The van der Waals surface area contributed by atoms with Crippen LogP contribution in [-0.4, -0.2) is 43.6 Å². The number of aliphatic hydroxyl groups is 1. The molecule has 2 saturated carbocycles. The monoisotopic (exact) mass is 428 g/mol. The van der Waals surface area contributed by atoms with Crippen LogP contribution in [-0.2, 0) is 4.79 Å². The van der Waals surface area contributed by atoms with Crippen molar-refractivity contribution in [2.24, 2.45) is 5.92 Å². The third-order valence-electron chi connectivity index (χ3n) is 7.02. The van der Waals surface area contributed by atoms with Gasteiger partial charge < -0.3 is 10.0 Å². The average Bonchev–Trinajstić information content (AvgIpc) is 3.51. The van der Waals surface area contributed by atoms with Crippen LogP contribution in [0.2, 0.25) is 5.02 Å². The first-order chi connectivity index (χ1) is 14.6. The molecule has 0 bridgehead atoms. The van der Waals surface area contributed by atoms with Gasteiger partial charge in [0.2, 0.25) is 5.91 Å². The first kappa shape index (κ1) is 20.0. The Kier molecular flexibility index (Phi) is 5.54. The summed E-state index contributed by atoms with van der Waals surface area (Å²) in [5.74, 6) is 0.817. The maximum atomic E-state index is 13.6. The fourth-order valence-corrected chi connectivity index (χ4v) is 5.20. The Morgan fingerprint density at radius 2 is 1.80 bits per heavy atom. The summed E-state index contributed by atoms with van der Waals surface area (Å²) in [6.45, 7) is 0.456. The number of halogens is 1. The molecule has 6 nitrogen and oxygen atoms in total. The van der Waals surface area contributed by atoms with Crippen molar-refractivity contribution in [1.82, 2.24) is 19.9 Å². The molecule has 1 saturated heterocycles. The van der Waals surface area contributed by atoms with E-state index in [4.69, 9.17) is 11.6 Å². The third-order valence-corrected chi connectivity index (χ3v) is 7.28. The molecule has 5 rings (SSSR count). The molecule has 3 fully saturated rings. The minimum absolute atomic E-state index is 0.0854. The van der Waals surface area contributed by atoms with Crippen molar-refractivity contribution in [1.29, 1.82) is 0 Å². The Labute approximate surface area is 182 Å². The highest BCUT2D eigenvalue weighted by Gasteiger charge is 2.41. The lowest BCUT2D eigenvalue weighted by Gasteiger charge is -2.44. The van der Waals surface area contributed by atoms with E-state index in [1.807, 2.05) is 35.4 Å². The molecule has 3 aliphatic rings. The summed E-state index contributed by atoms with van der Waals surface area (Å²) in [5.41, 5.74) is 2.03. The van der Waals surface area contributed by atoms with Crippen LogP contribution >= 0.6 is 11.6 Å². The van der Waals surface area contributed by atoms with Gasteiger partial charge in [-0.25, -0.2) is 4.68 Å². The van der Waals surface area contributed by atoms with Crippen LogP contribution in [0.1, 0.15) is 80.6 Å². The summed E-state index contributed by atoms with van der Waals surface area (Å²) < 4.78 is 1.79. The van der Waals surface area contributed by atoms with Gasteiger partial charge in [0.15, 0.2) is 0 Å². The van der Waals surface area contributed by atoms with E-state index < -0.39 is 6.10 Å². The van der Waals surface area contributed by atoms with Gasteiger partial charge in [-0.3, -0.25) is 4.79 Å². The zero-order chi connectivity index (χ0) is 20.7. The third kappa shape index (κ3) is 4.00. The summed E-state index contributed by atoms with van der Waals surface area (Å²) in [6.07, 6.45) is 9.58. The molecule has 1 aromatic carbocycles. The second-order valence-corrected chi connectivity index (χ2v) is 9.60. The second kappa shape index (κ2) is 8.31. The lowest BCUT2D eigenvalue weighted by atomic mass is 9.85. The summed E-state index contributed by atoms with van der Waals surface area (Å²) in [5, 5.41) is 20.3. The SMILES string of the molecule is O=C(C1CCCCC1)N1C[C@@H](n2cc(C3CC3)nn2)[C@H](O)C[C@@H]1c1ccc(Cl)cc1. The van der Waals surface area contributed by atoms with E-state index in [0.29, 0.717) is 23.9 Å². The molecule has 30 heavy (non-hydrogen) atoms. The van der Waals surface area contributed by atoms with Gasteiger partial charge in [0.05, 0.1) is 23.9 Å². The van der Waals surface area contributed by atoms with E-state index in [1.165, 1.54) is 6.42 Å². The van der Waals surface area contributed by atoms with Crippen molar-refractivity contribution >= 4 is 17.5 Å². The molecule has 2 aliphatic carbocycles. The van der Waals surface area contributed by atoms with Gasteiger partial charge in [-0.1, -0.05) is 48.2 Å². The molecule has 1 aliphatic heterocycles. The highest BCUT2D eigenvalue weighted by Crippen LogP contribution is 2.41. The molecular weight excluding hydrogens is 400 g/mol. The Morgan fingerprint density at radius 3 is 2.50 bits per heavy atom. The van der Waals surface area contributed by atoms with Crippen LogP contribution in [0.3, 0.4) is 0 Å². The van der Waals surface area contributed by atoms with Crippen LogP contribution in [0.5, 0.6) is 0 Å². The first-order valence-electron chi connectivity index (χ1n) is 11.3. The number of rotatable bonds is 4. The van der Waals surface area contributed by atoms with Crippen LogP contribution in [0, 0.1) is 5.92 Å². The molecule has 0 spiro atoms. The molecule has 1 N–H and O–H groups in total. The number of aliphatic hydroxyl groups excluding tert-OH is 1. The van der Waals surface area contributed by atoms with Crippen molar-refractivity contribution in [2.45, 2.75) is 75.5 Å². The molecule has 1 aromatic heterocycles. The van der Waals surface area contributed by atoms with Crippen LogP contribution in [0.25, 0.3) is 0 Å². The van der Waals surface area contributed by atoms with Gasteiger partial charge in [-0.05, 0) is 43.4 Å². The molecule has 3 atom stereocenters. The van der Waals surface area contributed by atoms with Gasteiger partial charge in [-0.2, -0.15) is 0 Å². The van der Waals surface area contributed by atoms with Crippen LogP contribution in [0.4, 0.5) is 0 Å². The number of hydrogen-bond acceptors (Lipinski definition) is 4. The number of amides is 1. The number of likely N-dealkylation sites (tertiary alicyclic amines) is 1. The number of nitrogens with zero attached hydrogens (tertiary/aromatic N) is 4. The number of carbonyl (C=O) groups excluding carboxylic acids is 1. The lowest BCUT2D eigenvalue weighted by Crippen LogP contribution is -2.50. The van der Waals surface area contributed by atoms with E-state index in [9.17, 15) is 9.90 Å². The Bertz CT molecular complexity index is 889. The number of aromatic nitrogens is 3. The van der Waals surface area contributed by atoms with Crippen molar-refractivity contribution in [3.8, 4) is 0 Å². The fourth-order valence-electron chi connectivity index (χ4n) is 5.07. The maximum Gasteiger partial charge on any atom is 0.226 e. The molecule has 160 valence electrons. The van der Waals surface area contributed by atoms with E-state index in [-0.39, 0.29) is 23.9 Å². The molecular formula is C23H29ClN4O2. The molecule has 0 radical (unpaired) electrons. The molecule has 7 heteroatoms. The van der Waals surface area contributed by atoms with E-state index in [1.54, 1.807) is 4.68 Å². The highest BCUT2D eigenvalue weighted by atomic mass is 35.5. The highest BCUT2D eigenvalue weighted by molar-refractivity contribution is 6.30. The second-order valence-electron chi connectivity index (χ2n) is 9.16. The van der Waals surface area contributed by atoms with E-state index >= 15 is 0 Å². The number of hydrogen-bond donors (Lipinski definition) is 1. The smallest absolute Gasteiger partial charge is 0.226 e. The van der Waals surface area contributed by atoms with Gasteiger partial charge in [0.25, 0.3) is 0 Å². The van der Waals surface area contributed by atoms with Gasteiger partial charge >= 0.3 is 0 Å². The normalized spacial score (nSPS) is 27.9. The van der Waals surface area contributed by atoms with Crippen molar-refractivity contribution in [3.05, 3.63) is 46.7 Å². The summed E-state index contributed by atoms with van der Waals surface area (Å²) in [7, 11) is 0. The Hall–Kier alpha value is -1.92. The van der Waals surface area contributed by atoms with Crippen molar-refractivity contribution in [3.63, 3.8) is 0 Å². The summed E-state index contributed by atoms with van der Waals surface area (Å²) in [4.78, 5) is 15.6. The van der Waals surface area contributed by atoms with Crippen molar-refractivity contribution < 1.29 is 9.90 Å². The Balaban J connectivity index is 1.43. The van der Waals surface area contributed by atoms with Crippen LogP contribution < -0.4 is 0 Å². The van der Waals surface area contributed by atoms with Gasteiger partial charge in [0, 0.05) is 36.0 Å². The fraction of sp³-hybridized carbons (Fsp3) is 0.609. The van der Waals surface area contributed by atoms with Gasteiger partial charge in [0.1, 0.15) is 0 Å². The molecule has 2 aromatic rings. The standard InChI is InChI=1S/C23H29ClN4O2/c24-18-10-8-16(9-11-18)20-12-22(29)21(28-13-19(25-26-28)15-6-7-15)14-27(20)23(30)17-4-2-1-3-5-17/h8-11,13,15,17,20-22,29H,1-7,12,14H2/t20-,21-,22-/m1/s1. The molecule has 2 heterocycles. The average molecular weight is 429 g/mol. The minimum Gasteiger partial charge on any atom is -0.391 e. The number of piperidine rings is 1. The first-order valence-corrected chi connectivity index (χ1v) is 11.6. The Morgan fingerprint density at radius 1 is 1.07 bits per heavy atom. The number of benzene rings is 1. The molecule has 0 unspecified atom stereocenters. The molecule has 1 amide bonds. The minimum atomic E-state index is -0.588. The van der Waals surface area contributed by atoms with E-state index in [0.717, 1.165) is 49.8 Å². The largest absolute Gasteiger partial charge is 0.391 e. The maximum absolute atomic E-state index is 13.6. The topological polar surface area (TPSA) is 71.2 Å². The zero-order valence-electron chi connectivity index (χ0n) is 17.2. The predicted octanol–water partition coefficient (Wildman–Crippen LogP) is 4.26. The summed E-state index contributed by atoms with van der Waals surface area (Å²) >= 11 is 6.09. The van der Waals surface area contributed by atoms with Gasteiger partial charge in [-0.15, -0.1) is 5.10 Å². The quantitative estimate of drug-likeness (QED) is 0.789. The van der Waals surface area contributed by atoms with Crippen molar-refractivity contribution in [2.75, 3.05) is 6.54 Å². The van der Waals surface area contributed by atoms with E-state index in [2.05, 4.69) is 10.3 Å².